The van der Waals surface area contributed by atoms with Gasteiger partial charge in [0.25, 0.3) is 5.91 Å². The molecule has 104 valence electrons. The number of fused-ring (bicyclic) bond motifs is 1. The predicted octanol–water partition coefficient (Wildman–Crippen LogP) is 2.61. The first-order valence-electron chi connectivity index (χ1n) is 6.34. The van der Waals surface area contributed by atoms with Crippen molar-refractivity contribution < 1.29 is 4.79 Å². The Hall–Kier alpha value is -2.53. The Kier molecular flexibility index (Phi) is 3.75. The van der Waals surface area contributed by atoms with Crippen molar-refractivity contribution in [1.29, 1.82) is 0 Å². The summed E-state index contributed by atoms with van der Waals surface area (Å²) in [4.78, 5) is 16.4. The van der Waals surface area contributed by atoms with Crippen LogP contribution in [0.1, 0.15) is 16.2 Å². The van der Waals surface area contributed by atoms with Crippen LogP contribution in [0.25, 0.3) is 10.9 Å². The van der Waals surface area contributed by atoms with Crippen molar-refractivity contribution in [3.8, 4) is 0 Å². The van der Waals surface area contributed by atoms with E-state index in [1.807, 2.05) is 24.3 Å². The average molecular weight is 299 g/mol. The third-order valence-corrected chi connectivity index (χ3v) is 3.27. The standard InChI is InChI=1S/C15H11ClN4O/c16-12-8-14(19-13-6-2-1-5-11(12)13)15(21)17-9-10-4-3-7-18-20-10/h1-8H,9H2,(H,17,21). The smallest absolute Gasteiger partial charge is 0.270 e. The Balaban J connectivity index is 1.81. The lowest BCUT2D eigenvalue weighted by Crippen LogP contribution is -2.24. The molecule has 0 radical (unpaired) electrons. The number of rotatable bonds is 3. The van der Waals surface area contributed by atoms with Crippen LogP contribution in [0.3, 0.4) is 0 Å². The highest BCUT2D eigenvalue weighted by atomic mass is 35.5. The summed E-state index contributed by atoms with van der Waals surface area (Å²) in [7, 11) is 0. The molecule has 6 heteroatoms. The maximum Gasteiger partial charge on any atom is 0.270 e. The molecule has 2 heterocycles. The number of carbonyl (C=O) groups is 1. The molecule has 0 spiro atoms. The molecule has 5 nitrogen and oxygen atoms in total. The van der Waals surface area contributed by atoms with E-state index < -0.39 is 0 Å². The Labute approximate surface area is 126 Å². The van der Waals surface area contributed by atoms with E-state index in [4.69, 9.17) is 11.6 Å². The van der Waals surface area contributed by atoms with Crippen molar-refractivity contribution in [3.63, 3.8) is 0 Å². The highest BCUT2D eigenvalue weighted by Gasteiger charge is 2.11. The van der Waals surface area contributed by atoms with E-state index >= 15 is 0 Å². The fourth-order valence-corrected chi connectivity index (χ4v) is 2.20. The lowest BCUT2D eigenvalue weighted by atomic mass is 10.2. The predicted molar refractivity (Wildman–Crippen MR) is 80.0 cm³/mol. The van der Waals surface area contributed by atoms with Gasteiger partial charge < -0.3 is 5.32 Å². The van der Waals surface area contributed by atoms with Gasteiger partial charge in [-0.1, -0.05) is 29.8 Å². The molecule has 0 bridgehead atoms. The zero-order valence-electron chi connectivity index (χ0n) is 11.0. The summed E-state index contributed by atoms with van der Waals surface area (Å²) in [6.07, 6.45) is 1.58. The summed E-state index contributed by atoms with van der Waals surface area (Å²) in [6, 6.07) is 12.5. The van der Waals surface area contributed by atoms with Crippen molar-refractivity contribution in [2.75, 3.05) is 0 Å². The monoisotopic (exact) mass is 298 g/mol. The SMILES string of the molecule is O=C(NCc1cccnn1)c1cc(Cl)c2ccccc2n1. The van der Waals surface area contributed by atoms with Crippen molar-refractivity contribution in [3.05, 3.63) is 65.1 Å². The first-order chi connectivity index (χ1) is 10.2. The molecule has 1 N–H and O–H groups in total. The van der Waals surface area contributed by atoms with Crippen molar-refractivity contribution in [1.82, 2.24) is 20.5 Å². The van der Waals surface area contributed by atoms with E-state index in [9.17, 15) is 4.79 Å². The maximum atomic E-state index is 12.1. The first-order valence-corrected chi connectivity index (χ1v) is 6.72. The minimum Gasteiger partial charge on any atom is -0.345 e. The normalized spacial score (nSPS) is 10.5. The number of amides is 1. The number of hydrogen-bond acceptors (Lipinski definition) is 4. The van der Waals surface area contributed by atoms with Gasteiger partial charge in [0.05, 0.1) is 22.8 Å². The van der Waals surface area contributed by atoms with Gasteiger partial charge in [-0.3, -0.25) is 4.79 Å². The fourth-order valence-electron chi connectivity index (χ4n) is 1.94. The lowest BCUT2D eigenvalue weighted by Gasteiger charge is -2.06. The van der Waals surface area contributed by atoms with Gasteiger partial charge in [0.15, 0.2) is 0 Å². The van der Waals surface area contributed by atoms with E-state index in [0.29, 0.717) is 22.8 Å². The van der Waals surface area contributed by atoms with Crippen LogP contribution in [-0.4, -0.2) is 21.1 Å². The van der Waals surface area contributed by atoms with Gasteiger partial charge >= 0.3 is 0 Å². The molecule has 0 saturated carbocycles. The number of nitrogens with zero attached hydrogens (tertiary/aromatic N) is 3. The third kappa shape index (κ3) is 2.98. The number of aromatic nitrogens is 3. The molecular weight excluding hydrogens is 288 g/mol. The molecule has 0 aliphatic carbocycles. The molecule has 0 aliphatic heterocycles. The van der Waals surface area contributed by atoms with E-state index in [0.717, 1.165) is 5.39 Å². The molecule has 0 unspecified atom stereocenters. The maximum absolute atomic E-state index is 12.1. The Bertz CT molecular complexity index is 792. The van der Waals surface area contributed by atoms with Gasteiger partial charge in [-0.2, -0.15) is 10.2 Å². The minimum absolute atomic E-state index is 0.280. The van der Waals surface area contributed by atoms with Crippen LogP contribution in [0, 0.1) is 0 Å². The highest BCUT2D eigenvalue weighted by Crippen LogP contribution is 2.22. The van der Waals surface area contributed by atoms with Gasteiger partial charge in [-0.25, -0.2) is 4.98 Å². The van der Waals surface area contributed by atoms with E-state index in [1.54, 1.807) is 24.4 Å². The Morgan fingerprint density at radius 3 is 2.86 bits per heavy atom. The number of benzene rings is 1. The zero-order valence-corrected chi connectivity index (χ0v) is 11.7. The van der Waals surface area contributed by atoms with Gasteiger partial charge in [0, 0.05) is 11.6 Å². The van der Waals surface area contributed by atoms with Gasteiger partial charge in [-0.05, 0) is 24.3 Å². The topological polar surface area (TPSA) is 67.8 Å². The Morgan fingerprint density at radius 2 is 2.05 bits per heavy atom. The van der Waals surface area contributed by atoms with Crippen molar-refractivity contribution >= 4 is 28.4 Å². The van der Waals surface area contributed by atoms with Crippen LogP contribution in [0.2, 0.25) is 5.02 Å². The molecule has 0 saturated heterocycles. The summed E-state index contributed by atoms with van der Waals surface area (Å²) < 4.78 is 0. The van der Waals surface area contributed by atoms with Gasteiger partial charge in [0.2, 0.25) is 0 Å². The van der Waals surface area contributed by atoms with Crippen molar-refractivity contribution in [2.24, 2.45) is 0 Å². The first kappa shape index (κ1) is 13.5. The summed E-state index contributed by atoms with van der Waals surface area (Å²) in [6.45, 7) is 0.290. The van der Waals surface area contributed by atoms with Crippen LogP contribution in [0.4, 0.5) is 0 Å². The quantitative estimate of drug-likeness (QED) is 0.807. The lowest BCUT2D eigenvalue weighted by molar-refractivity contribution is 0.0945. The number of para-hydroxylation sites is 1. The fraction of sp³-hybridized carbons (Fsp3) is 0.0667. The van der Waals surface area contributed by atoms with E-state index in [2.05, 4.69) is 20.5 Å². The highest BCUT2D eigenvalue weighted by molar-refractivity contribution is 6.35. The summed E-state index contributed by atoms with van der Waals surface area (Å²) in [5.41, 5.74) is 1.65. The van der Waals surface area contributed by atoms with Crippen LogP contribution in [0.5, 0.6) is 0 Å². The second-order valence-corrected chi connectivity index (χ2v) is 4.81. The number of pyridine rings is 1. The molecule has 0 atom stereocenters. The number of halogens is 1. The molecule has 1 amide bonds. The number of nitrogens with one attached hydrogen (secondary N) is 1. The largest absolute Gasteiger partial charge is 0.345 e. The van der Waals surface area contributed by atoms with E-state index in [-0.39, 0.29) is 11.6 Å². The molecule has 2 aromatic heterocycles. The summed E-state index contributed by atoms with van der Waals surface area (Å²) >= 11 is 6.18. The second-order valence-electron chi connectivity index (χ2n) is 4.40. The molecule has 3 aromatic rings. The number of hydrogen-bond donors (Lipinski definition) is 1. The molecule has 0 aliphatic rings. The molecule has 0 fully saturated rings. The van der Waals surface area contributed by atoms with Gasteiger partial charge in [-0.15, -0.1) is 0 Å². The summed E-state index contributed by atoms with van der Waals surface area (Å²) in [5.74, 6) is -0.298. The van der Waals surface area contributed by atoms with Crippen LogP contribution >= 0.6 is 11.6 Å². The second kappa shape index (κ2) is 5.85. The molecule has 21 heavy (non-hydrogen) atoms. The molecular formula is C15H11ClN4O. The third-order valence-electron chi connectivity index (χ3n) is 2.96. The minimum atomic E-state index is -0.298. The van der Waals surface area contributed by atoms with E-state index in [1.165, 1.54) is 0 Å². The van der Waals surface area contributed by atoms with Crippen LogP contribution in [-0.2, 0) is 6.54 Å². The number of carbonyl (C=O) groups excluding carboxylic acids is 1. The molecule has 3 rings (SSSR count). The van der Waals surface area contributed by atoms with Crippen LogP contribution < -0.4 is 5.32 Å². The van der Waals surface area contributed by atoms with Crippen LogP contribution in [0.15, 0.2) is 48.7 Å². The van der Waals surface area contributed by atoms with Crippen molar-refractivity contribution in [2.45, 2.75) is 6.54 Å². The Morgan fingerprint density at radius 1 is 1.19 bits per heavy atom. The van der Waals surface area contributed by atoms with Gasteiger partial charge in [0.1, 0.15) is 5.69 Å². The average Bonchev–Trinajstić information content (AvgIpc) is 2.53. The molecule has 1 aromatic carbocycles. The zero-order chi connectivity index (χ0) is 14.7. The summed E-state index contributed by atoms with van der Waals surface area (Å²) in [5, 5.41) is 11.7.